The molecule has 1 aromatic heterocycles. The van der Waals surface area contributed by atoms with Gasteiger partial charge in [0.05, 0.1) is 11.5 Å². The van der Waals surface area contributed by atoms with Crippen LogP contribution in [0.1, 0.15) is 11.1 Å². The SMILES string of the molecule is COCc1cccc(CNc2nc(Cl)ncc2[N+](=O)[O-])c1. The van der Waals surface area contributed by atoms with Gasteiger partial charge in [0.15, 0.2) is 0 Å². The monoisotopic (exact) mass is 308 g/mol. The predicted molar refractivity (Wildman–Crippen MR) is 78.2 cm³/mol. The minimum absolute atomic E-state index is 0.0452. The largest absolute Gasteiger partial charge is 0.380 e. The lowest BCUT2D eigenvalue weighted by atomic mass is 10.1. The van der Waals surface area contributed by atoms with Crippen molar-refractivity contribution < 1.29 is 9.66 Å². The van der Waals surface area contributed by atoms with Crippen LogP contribution < -0.4 is 5.32 Å². The van der Waals surface area contributed by atoms with Crippen LogP contribution in [0, 0.1) is 10.1 Å². The summed E-state index contributed by atoms with van der Waals surface area (Å²) in [7, 11) is 1.62. The Hall–Kier alpha value is -2.25. The van der Waals surface area contributed by atoms with Gasteiger partial charge in [-0.2, -0.15) is 4.98 Å². The van der Waals surface area contributed by atoms with Gasteiger partial charge in [0.2, 0.25) is 11.1 Å². The van der Waals surface area contributed by atoms with Gasteiger partial charge in [-0.25, -0.2) is 4.98 Å². The zero-order valence-corrected chi connectivity index (χ0v) is 12.0. The van der Waals surface area contributed by atoms with Crippen LogP contribution in [-0.4, -0.2) is 22.0 Å². The zero-order chi connectivity index (χ0) is 15.2. The van der Waals surface area contributed by atoms with Gasteiger partial charge in [-0.3, -0.25) is 10.1 Å². The molecule has 21 heavy (non-hydrogen) atoms. The Balaban J connectivity index is 2.14. The first-order valence-corrected chi connectivity index (χ1v) is 6.45. The van der Waals surface area contributed by atoms with Gasteiger partial charge < -0.3 is 10.1 Å². The number of hydrogen-bond donors (Lipinski definition) is 1. The van der Waals surface area contributed by atoms with E-state index in [2.05, 4.69) is 15.3 Å². The van der Waals surface area contributed by atoms with Gasteiger partial charge in [0.25, 0.3) is 0 Å². The highest BCUT2D eigenvalue weighted by atomic mass is 35.5. The maximum absolute atomic E-state index is 10.9. The number of halogens is 1. The maximum Gasteiger partial charge on any atom is 0.329 e. The van der Waals surface area contributed by atoms with Gasteiger partial charge in [-0.15, -0.1) is 0 Å². The predicted octanol–water partition coefficient (Wildman–Crippen LogP) is 2.80. The van der Waals surface area contributed by atoms with Crippen LogP contribution in [0.4, 0.5) is 11.5 Å². The first kappa shape index (κ1) is 15.1. The molecule has 0 fully saturated rings. The van der Waals surface area contributed by atoms with E-state index >= 15 is 0 Å². The van der Waals surface area contributed by atoms with Crippen molar-refractivity contribution in [1.29, 1.82) is 0 Å². The lowest BCUT2D eigenvalue weighted by Crippen LogP contribution is -2.06. The van der Waals surface area contributed by atoms with Crippen molar-refractivity contribution in [1.82, 2.24) is 9.97 Å². The molecule has 0 spiro atoms. The molecule has 0 atom stereocenters. The van der Waals surface area contributed by atoms with Gasteiger partial charge in [0.1, 0.15) is 6.20 Å². The van der Waals surface area contributed by atoms with E-state index in [-0.39, 0.29) is 16.8 Å². The Morgan fingerprint density at radius 1 is 1.43 bits per heavy atom. The quantitative estimate of drug-likeness (QED) is 0.501. The number of ether oxygens (including phenoxy) is 1. The van der Waals surface area contributed by atoms with E-state index in [4.69, 9.17) is 16.3 Å². The van der Waals surface area contributed by atoms with E-state index in [1.807, 2.05) is 24.3 Å². The van der Waals surface area contributed by atoms with Crippen LogP contribution in [0.3, 0.4) is 0 Å². The molecule has 0 bridgehead atoms. The molecular weight excluding hydrogens is 296 g/mol. The molecule has 0 radical (unpaired) electrons. The van der Waals surface area contributed by atoms with Crippen molar-refractivity contribution in [3.05, 3.63) is 57.0 Å². The molecule has 0 aliphatic carbocycles. The molecule has 0 aliphatic rings. The first-order valence-electron chi connectivity index (χ1n) is 6.07. The molecule has 0 unspecified atom stereocenters. The molecule has 0 saturated carbocycles. The van der Waals surface area contributed by atoms with E-state index in [1.54, 1.807) is 7.11 Å². The number of methoxy groups -OCH3 is 1. The van der Waals surface area contributed by atoms with Crippen molar-refractivity contribution >= 4 is 23.1 Å². The number of benzene rings is 1. The van der Waals surface area contributed by atoms with Gasteiger partial charge >= 0.3 is 5.69 Å². The summed E-state index contributed by atoms with van der Waals surface area (Å²) in [6.45, 7) is 0.888. The lowest BCUT2D eigenvalue weighted by molar-refractivity contribution is -0.384. The molecule has 110 valence electrons. The van der Waals surface area contributed by atoms with E-state index in [1.165, 1.54) is 0 Å². The van der Waals surface area contributed by atoms with Crippen LogP contribution in [-0.2, 0) is 17.9 Å². The van der Waals surface area contributed by atoms with Crippen molar-refractivity contribution in [2.24, 2.45) is 0 Å². The van der Waals surface area contributed by atoms with Crippen molar-refractivity contribution in [3.63, 3.8) is 0 Å². The summed E-state index contributed by atoms with van der Waals surface area (Å²) >= 11 is 5.67. The van der Waals surface area contributed by atoms with Gasteiger partial charge in [-0.1, -0.05) is 24.3 Å². The molecule has 1 N–H and O–H groups in total. The first-order chi connectivity index (χ1) is 10.1. The molecule has 0 saturated heterocycles. The fourth-order valence-corrected chi connectivity index (χ4v) is 1.93. The molecule has 0 aliphatic heterocycles. The third kappa shape index (κ3) is 4.11. The van der Waals surface area contributed by atoms with Gasteiger partial charge in [0, 0.05) is 13.7 Å². The fourth-order valence-electron chi connectivity index (χ4n) is 1.80. The summed E-state index contributed by atoms with van der Waals surface area (Å²) in [6.07, 6.45) is 1.08. The van der Waals surface area contributed by atoms with Crippen LogP contribution in [0.15, 0.2) is 30.5 Å². The standard InChI is InChI=1S/C13H13ClN4O3/c1-21-8-10-4-2-3-9(5-10)6-15-12-11(18(19)20)7-16-13(14)17-12/h2-5,7H,6,8H2,1H3,(H,15,16,17). The van der Waals surface area contributed by atoms with E-state index < -0.39 is 4.92 Å². The highest BCUT2D eigenvalue weighted by Crippen LogP contribution is 2.22. The highest BCUT2D eigenvalue weighted by Gasteiger charge is 2.16. The Labute approximate surface area is 126 Å². The normalized spacial score (nSPS) is 10.4. The summed E-state index contributed by atoms with van der Waals surface area (Å²) in [6, 6.07) is 7.69. The number of anilines is 1. The van der Waals surface area contributed by atoms with E-state index in [9.17, 15) is 10.1 Å². The van der Waals surface area contributed by atoms with E-state index in [0.717, 1.165) is 17.3 Å². The number of rotatable bonds is 6. The number of nitro groups is 1. The molecule has 2 rings (SSSR count). The Kier molecular flexibility index (Phi) is 5.02. The zero-order valence-electron chi connectivity index (χ0n) is 11.2. The Bertz CT molecular complexity index is 651. The minimum atomic E-state index is -0.556. The minimum Gasteiger partial charge on any atom is -0.380 e. The van der Waals surface area contributed by atoms with E-state index in [0.29, 0.717) is 13.2 Å². The number of hydrogen-bond acceptors (Lipinski definition) is 6. The van der Waals surface area contributed by atoms with Crippen LogP contribution >= 0.6 is 11.6 Å². The summed E-state index contributed by atoms with van der Waals surface area (Å²) in [5, 5.41) is 13.8. The number of nitrogens with one attached hydrogen (secondary N) is 1. The van der Waals surface area contributed by atoms with Crippen molar-refractivity contribution in [2.75, 3.05) is 12.4 Å². The third-order valence-electron chi connectivity index (χ3n) is 2.70. The van der Waals surface area contributed by atoms with Crippen LogP contribution in [0.25, 0.3) is 0 Å². The second-order valence-electron chi connectivity index (χ2n) is 4.24. The lowest BCUT2D eigenvalue weighted by Gasteiger charge is -2.08. The molecule has 0 amide bonds. The molecule has 1 aromatic carbocycles. The topological polar surface area (TPSA) is 90.2 Å². The summed E-state index contributed by atoms with van der Waals surface area (Å²) in [4.78, 5) is 17.8. The second-order valence-corrected chi connectivity index (χ2v) is 4.57. The molecule has 7 nitrogen and oxygen atoms in total. The maximum atomic E-state index is 10.9. The Morgan fingerprint density at radius 3 is 2.90 bits per heavy atom. The Morgan fingerprint density at radius 2 is 2.19 bits per heavy atom. The fraction of sp³-hybridized carbons (Fsp3) is 0.231. The molecule has 2 aromatic rings. The highest BCUT2D eigenvalue weighted by molar-refractivity contribution is 6.28. The average molecular weight is 309 g/mol. The van der Waals surface area contributed by atoms with Gasteiger partial charge in [-0.05, 0) is 22.7 Å². The molecule has 1 heterocycles. The molecular formula is C13H13ClN4O3. The van der Waals surface area contributed by atoms with Crippen LogP contribution in [0.5, 0.6) is 0 Å². The average Bonchev–Trinajstić information content (AvgIpc) is 2.45. The second kappa shape index (κ2) is 6.96. The molecule has 8 heteroatoms. The summed E-state index contributed by atoms with van der Waals surface area (Å²) in [5.41, 5.74) is 1.76. The van der Waals surface area contributed by atoms with Crippen molar-refractivity contribution in [2.45, 2.75) is 13.2 Å². The number of nitrogens with zero attached hydrogens (tertiary/aromatic N) is 3. The summed E-state index contributed by atoms with van der Waals surface area (Å²) in [5.74, 6) is 0.0946. The smallest absolute Gasteiger partial charge is 0.329 e. The summed E-state index contributed by atoms with van der Waals surface area (Å²) < 4.78 is 5.06. The third-order valence-corrected chi connectivity index (χ3v) is 2.88. The van der Waals surface area contributed by atoms with Crippen LogP contribution in [0.2, 0.25) is 5.28 Å². The number of aromatic nitrogens is 2. The van der Waals surface area contributed by atoms with Crippen molar-refractivity contribution in [3.8, 4) is 0 Å².